The summed E-state index contributed by atoms with van der Waals surface area (Å²) in [7, 11) is 0. The van der Waals surface area contributed by atoms with Crippen molar-refractivity contribution in [2.24, 2.45) is 5.92 Å². The summed E-state index contributed by atoms with van der Waals surface area (Å²) in [5, 5.41) is 8.63. The van der Waals surface area contributed by atoms with Gasteiger partial charge in [0.15, 0.2) is 0 Å². The van der Waals surface area contributed by atoms with Crippen LogP contribution in [0, 0.1) is 5.92 Å². The van der Waals surface area contributed by atoms with Crippen molar-refractivity contribution < 1.29 is 5.11 Å². The maximum Gasteiger partial charge on any atom is 0.128 e. The van der Waals surface area contributed by atoms with Crippen LogP contribution >= 0.6 is 11.6 Å². The molecule has 0 aromatic carbocycles. The Hall–Kier alpha value is 0.250. The van der Waals surface area contributed by atoms with E-state index in [0.29, 0.717) is 0 Å². The second-order valence-corrected chi connectivity index (χ2v) is 3.26. The second-order valence-electron chi connectivity index (χ2n) is 2.76. The van der Waals surface area contributed by atoms with Gasteiger partial charge in [-0.3, -0.25) is 0 Å². The highest BCUT2D eigenvalue weighted by atomic mass is 35.5. The van der Waals surface area contributed by atoms with Gasteiger partial charge in [-0.25, -0.2) is 0 Å². The van der Waals surface area contributed by atoms with Gasteiger partial charge in [-0.2, -0.15) is 0 Å². The lowest BCUT2D eigenvalue weighted by Crippen LogP contribution is -1.96. The van der Waals surface area contributed by atoms with Gasteiger partial charge in [-0.05, 0) is 18.8 Å². The summed E-state index contributed by atoms with van der Waals surface area (Å²) in [5.41, 5.74) is -0.635. The van der Waals surface area contributed by atoms with Crippen molar-refractivity contribution in [2.75, 3.05) is 0 Å². The zero-order valence-corrected chi connectivity index (χ0v) is 6.86. The smallest absolute Gasteiger partial charge is 0.128 e. The minimum Gasteiger partial charge on any atom is -0.378 e. The normalized spacial score (nSPS) is 14.3. The van der Waals surface area contributed by atoms with Gasteiger partial charge in [0.05, 0.1) is 0 Å². The van der Waals surface area contributed by atoms with Crippen LogP contribution in [0.3, 0.4) is 0 Å². The van der Waals surface area contributed by atoms with Gasteiger partial charge < -0.3 is 5.11 Å². The molecular formula is C7H15ClO. The molecule has 0 heterocycles. The maximum atomic E-state index is 8.63. The summed E-state index contributed by atoms with van der Waals surface area (Å²) >= 11 is 5.32. The molecule has 0 aliphatic carbocycles. The molecule has 56 valence electrons. The lowest BCUT2D eigenvalue weighted by Gasteiger charge is -2.03. The molecule has 0 bridgehead atoms. The highest BCUT2D eigenvalue weighted by Gasteiger charge is 1.98. The predicted molar refractivity (Wildman–Crippen MR) is 40.5 cm³/mol. The molecule has 1 atom stereocenters. The Morgan fingerprint density at radius 3 is 2.22 bits per heavy atom. The van der Waals surface area contributed by atoms with E-state index < -0.39 is 5.56 Å². The van der Waals surface area contributed by atoms with Crippen LogP contribution in [0.25, 0.3) is 0 Å². The summed E-state index contributed by atoms with van der Waals surface area (Å²) in [6.45, 7) is 4.33. The van der Waals surface area contributed by atoms with E-state index in [4.69, 9.17) is 16.7 Å². The molecule has 0 rings (SSSR count). The molecule has 0 fully saturated rings. The minimum atomic E-state index is -0.635. The number of aliphatic hydroxyl groups is 1. The summed E-state index contributed by atoms with van der Waals surface area (Å²) in [6.07, 6.45) is 2.91. The molecule has 1 N–H and O–H groups in total. The van der Waals surface area contributed by atoms with Crippen molar-refractivity contribution in [1.82, 2.24) is 0 Å². The largest absolute Gasteiger partial charge is 0.378 e. The van der Waals surface area contributed by atoms with Crippen LogP contribution in [0.2, 0.25) is 0 Å². The highest BCUT2D eigenvalue weighted by molar-refractivity contribution is 6.19. The molecule has 0 aromatic rings. The third kappa shape index (κ3) is 8.25. The van der Waals surface area contributed by atoms with E-state index in [0.717, 1.165) is 25.2 Å². The van der Waals surface area contributed by atoms with Crippen molar-refractivity contribution in [3.8, 4) is 0 Å². The fraction of sp³-hybridized carbons (Fsp3) is 1.00. The van der Waals surface area contributed by atoms with Gasteiger partial charge in [0, 0.05) is 0 Å². The maximum absolute atomic E-state index is 8.63. The van der Waals surface area contributed by atoms with Crippen molar-refractivity contribution in [3.63, 3.8) is 0 Å². The molecule has 1 nitrogen and oxygen atoms in total. The van der Waals surface area contributed by atoms with Crippen LogP contribution < -0.4 is 0 Å². The molecule has 1 unspecified atom stereocenters. The van der Waals surface area contributed by atoms with Crippen LogP contribution in [0.4, 0.5) is 0 Å². The zero-order chi connectivity index (χ0) is 7.28. The second kappa shape index (κ2) is 5.07. The lowest BCUT2D eigenvalue weighted by atomic mass is 10.1. The quantitative estimate of drug-likeness (QED) is 0.611. The Balaban J connectivity index is 2.91. The zero-order valence-electron chi connectivity index (χ0n) is 6.10. The van der Waals surface area contributed by atoms with Crippen molar-refractivity contribution >= 4 is 11.6 Å². The van der Waals surface area contributed by atoms with E-state index in [9.17, 15) is 0 Å². The predicted octanol–water partition coefficient (Wildman–Crippen LogP) is 2.37. The van der Waals surface area contributed by atoms with E-state index >= 15 is 0 Å². The number of hydrogen-bond donors (Lipinski definition) is 1. The summed E-state index contributed by atoms with van der Waals surface area (Å²) in [4.78, 5) is 0. The fourth-order valence-electron chi connectivity index (χ4n) is 0.695. The van der Waals surface area contributed by atoms with Crippen molar-refractivity contribution in [2.45, 2.75) is 38.7 Å². The first-order chi connectivity index (χ1) is 4.13. The Morgan fingerprint density at radius 2 is 1.89 bits per heavy atom. The van der Waals surface area contributed by atoms with E-state index in [-0.39, 0.29) is 0 Å². The Morgan fingerprint density at radius 1 is 1.33 bits per heavy atom. The Kier molecular flexibility index (Phi) is 5.21. The first-order valence-electron chi connectivity index (χ1n) is 3.45. The van der Waals surface area contributed by atoms with Gasteiger partial charge in [0.1, 0.15) is 5.56 Å². The monoisotopic (exact) mass is 150 g/mol. The van der Waals surface area contributed by atoms with E-state index in [1.165, 1.54) is 0 Å². The van der Waals surface area contributed by atoms with Gasteiger partial charge >= 0.3 is 0 Å². The van der Waals surface area contributed by atoms with Gasteiger partial charge in [0.25, 0.3) is 0 Å². The number of hydrogen-bond acceptors (Lipinski definition) is 1. The van der Waals surface area contributed by atoms with Crippen LogP contribution in [0.5, 0.6) is 0 Å². The molecule has 9 heavy (non-hydrogen) atoms. The number of aliphatic hydroxyl groups excluding tert-OH is 1. The molecule has 0 radical (unpaired) electrons. The standard InChI is InChI=1S/C7H15ClO/c1-6(2)4-3-5-7(8)9/h6-7,9H,3-5H2,1-2H3. The van der Waals surface area contributed by atoms with Gasteiger partial charge in [0.2, 0.25) is 0 Å². The third-order valence-electron chi connectivity index (χ3n) is 1.22. The van der Waals surface area contributed by atoms with Gasteiger partial charge in [-0.15, -0.1) is 0 Å². The highest BCUT2D eigenvalue weighted by Crippen LogP contribution is 2.09. The topological polar surface area (TPSA) is 20.2 Å². The number of rotatable bonds is 4. The number of halogens is 1. The molecule has 0 saturated carbocycles. The van der Waals surface area contributed by atoms with E-state index in [1.54, 1.807) is 0 Å². The summed E-state index contributed by atoms with van der Waals surface area (Å²) in [6, 6.07) is 0. The molecule has 0 spiro atoms. The Labute approximate surface area is 62.0 Å². The van der Waals surface area contributed by atoms with E-state index in [1.807, 2.05) is 0 Å². The van der Waals surface area contributed by atoms with Crippen molar-refractivity contribution in [1.29, 1.82) is 0 Å². The molecule has 0 aliphatic heterocycles. The van der Waals surface area contributed by atoms with Gasteiger partial charge in [-0.1, -0.05) is 31.9 Å². The third-order valence-corrected chi connectivity index (χ3v) is 1.44. The molecule has 0 aromatic heterocycles. The van der Waals surface area contributed by atoms with Crippen LogP contribution in [0.1, 0.15) is 33.1 Å². The molecule has 0 amide bonds. The average Bonchev–Trinajstić information content (AvgIpc) is 1.63. The number of alkyl halides is 1. The molecular weight excluding hydrogens is 136 g/mol. The molecule has 2 heteroatoms. The van der Waals surface area contributed by atoms with Crippen LogP contribution in [0.15, 0.2) is 0 Å². The lowest BCUT2D eigenvalue weighted by molar-refractivity contribution is 0.238. The SMILES string of the molecule is CC(C)CCCC(O)Cl. The summed E-state index contributed by atoms with van der Waals surface area (Å²) < 4.78 is 0. The first-order valence-corrected chi connectivity index (χ1v) is 3.88. The fourth-order valence-corrected chi connectivity index (χ4v) is 0.849. The molecule has 0 aliphatic rings. The van der Waals surface area contributed by atoms with E-state index in [2.05, 4.69) is 13.8 Å². The Bertz CT molecular complexity index is 53.9. The minimum absolute atomic E-state index is 0.635. The van der Waals surface area contributed by atoms with Crippen molar-refractivity contribution in [3.05, 3.63) is 0 Å². The van der Waals surface area contributed by atoms with Crippen LogP contribution in [-0.4, -0.2) is 10.7 Å². The van der Waals surface area contributed by atoms with Crippen LogP contribution in [-0.2, 0) is 0 Å². The first kappa shape index (κ1) is 9.25. The average molecular weight is 151 g/mol. The summed E-state index contributed by atoms with van der Waals surface area (Å²) in [5.74, 6) is 0.723. The molecule has 0 saturated heterocycles.